The summed E-state index contributed by atoms with van der Waals surface area (Å²) in [7, 11) is 0. The molecule has 22 heavy (non-hydrogen) atoms. The number of nitrogens with one attached hydrogen (secondary N) is 1. The first kappa shape index (κ1) is 14.3. The summed E-state index contributed by atoms with van der Waals surface area (Å²) in [5.74, 6) is 0.110. The lowest BCUT2D eigenvalue weighted by atomic mass is 10.1. The smallest absolute Gasteiger partial charge is 0.266 e. The Hall–Kier alpha value is -2.65. The van der Waals surface area contributed by atoms with E-state index in [2.05, 4.69) is 17.9 Å². The van der Waals surface area contributed by atoms with Gasteiger partial charge >= 0.3 is 0 Å². The molecule has 1 amide bonds. The largest absolute Gasteiger partial charge is 0.465 e. The van der Waals surface area contributed by atoms with Gasteiger partial charge in [0.15, 0.2) is 6.17 Å². The minimum Gasteiger partial charge on any atom is -0.465 e. The Kier molecular flexibility index (Phi) is 3.65. The lowest BCUT2D eigenvalue weighted by molar-refractivity contribution is -0.118. The highest BCUT2D eigenvalue weighted by Gasteiger charge is 2.35. The molecule has 0 radical (unpaired) electrons. The van der Waals surface area contributed by atoms with Crippen LogP contribution in [0.2, 0.25) is 0 Å². The van der Waals surface area contributed by atoms with Gasteiger partial charge in [-0.3, -0.25) is 4.79 Å². The lowest BCUT2D eigenvalue weighted by Gasteiger charge is -2.37. The van der Waals surface area contributed by atoms with E-state index in [1.54, 1.807) is 23.3 Å². The van der Waals surface area contributed by atoms with Crippen LogP contribution in [0.5, 0.6) is 0 Å². The molecule has 1 aliphatic heterocycles. The third kappa shape index (κ3) is 2.26. The third-order valence-electron chi connectivity index (χ3n) is 3.50. The van der Waals surface area contributed by atoms with Gasteiger partial charge in [-0.25, -0.2) is 0 Å². The monoisotopic (exact) mass is 311 g/mol. The predicted octanol–water partition coefficient (Wildman–Crippen LogP) is 2.89. The number of amides is 1. The van der Waals surface area contributed by atoms with Gasteiger partial charge in [0.25, 0.3) is 5.91 Å². The Labute approximate surface area is 133 Å². The van der Waals surface area contributed by atoms with E-state index in [0.717, 1.165) is 11.3 Å². The van der Waals surface area contributed by atoms with Gasteiger partial charge in [0, 0.05) is 5.69 Å². The van der Waals surface area contributed by atoms with Gasteiger partial charge in [-0.2, -0.15) is 5.26 Å². The Morgan fingerprint density at radius 3 is 2.73 bits per heavy atom. The fraction of sp³-hybridized carbons (Fsp3) is 0.125. The Morgan fingerprint density at radius 2 is 2.09 bits per heavy atom. The van der Waals surface area contributed by atoms with Crippen LogP contribution >= 0.6 is 12.6 Å². The Bertz CT molecular complexity index is 790. The minimum atomic E-state index is -0.548. The van der Waals surface area contributed by atoms with Crippen LogP contribution in [-0.4, -0.2) is 5.91 Å². The Balaban J connectivity index is 2.19. The summed E-state index contributed by atoms with van der Waals surface area (Å²) < 4.78 is 5.43. The third-order valence-corrected chi connectivity index (χ3v) is 3.94. The van der Waals surface area contributed by atoms with Crippen molar-refractivity contribution in [3.05, 3.63) is 64.6 Å². The minimum absolute atomic E-state index is 0.0191. The topological polar surface area (TPSA) is 69.3 Å². The number of furan rings is 1. The van der Waals surface area contributed by atoms with Crippen LogP contribution in [0.25, 0.3) is 0 Å². The SMILES string of the molecule is Cc1ccccc1N1C(S)=C(C#N)C(=O)N[C@@H]1c1ccco1. The number of hydrogen-bond donors (Lipinski definition) is 2. The number of nitriles is 1. The molecule has 0 unspecified atom stereocenters. The van der Waals surface area contributed by atoms with E-state index in [0.29, 0.717) is 10.8 Å². The molecule has 0 aliphatic carbocycles. The number of hydrogen-bond acceptors (Lipinski definition) is 5. The number of carbonyl (C=O) groups is 1. The van der Waals surface area contributed by atoms with Crippen molar-refractivity contribution in [1.29, 1.82) is 5.26 Å². The number of anilines is 1. The molecule has 1 N–H and O–H groups in total. The van der Waals surface area contributed by atoms with Crippen molar-refractivity contribution in [1.82, 2.24) is 5.32 Å². The van der Waals surface area contributed by atoms with Gasteiger partial charge in [-0.15, -0.1) is 12.6 Å². The number of rotatable bonds is 2. The van der Waals surface area contributed by atoms with Crippen LogP contribution in [0, 0.1) is 18.3 Å². The summed E-state index contributed by atoms with van der Waals surface area (Å²) in [6.45, 7) is 1.96. The summed E-state index contributed by atoms with van der Waals surface area (Å²) in [6, 6.07) is 13.1. The molecule has 2 heterocycles. The molecule has 1 aromatic heterocycles. The highest BCUT2D eigenvalue weighted by atomic mass is 32.1. The molecule has 1 atom stereocenters. The maximum atomic E-state index is 12.1. The van der Waals surface area contributed by atoms with E-state index in [4.69, 9.17) is 4.42 Å². The van der Waals surface area contributed by atoms with Gasteiger partial charge < -0.3 is 14.6 Å². The van der Waals surface area contributed by atoms with Crippen LogP contribution in [-0.2, 0) is 4.79 Å². The molecule has 0 bridgehead atoms. The van der Waals surface area contributed by atoms with E-state index in [1.165, 1.54) is 0 Å². The highest BCUT2D eigenvalue weighted by Crippen LogP contribution is 2.37. The van der Waals surface area contributed by atoms with Crippen molar-refractivity contribution in [3.63, 3.8) is 0 Å². The van der Waals surface area contributed by atoms with Crippen LogP contribution in [0.4, 0.5) is 5.69 Å². The molecular formula is C16H13N3O2S. The molecule has 0 saturated carbocycles. The highest BCUT2D eigenvalue weighted by molar-refractivity contribution is 7.84. The number of aryl methyl sites for hydroxylation is 1. The van der Waals surface area contributed by atoms with Gasteiger partial charge in [0.1, 0.15) is 17.4 Å². The van der Waals surface area contributed by atoms with Crippen LogP contribution in [0.1, 0.15) is 17.5 Å². The van der Waals surface area contributed by atoms with Gasteiger partial charge in [-0.1, -0.05) is 18.2 Å². The summed E-state index contributed by atoms with van der Waals surface area (Å²) in [5.41, 5.74) is 1.83. The van der Waals surface area contributed by atoms with E-state index in [9.17, 15) is 10.1 Å². The summed E-state index contributed by atoms with van der Waals surface area (Å²) in [6.07, 6.45) is 0.993. The average Bonchev–Trinajstić information content (AvgIpc) is 3.02. The molecular weight excluding hydrogens is 298 g/mol. The molecule has 0 saturated heterocycles. The number of carbonyl (C=O) groups excluding carboxylic acids is 1. The van der Waals surface area contributed by atoms with Crippen molar-refractivity contribution in [2.75, 3.05) is 4.90 Å². The average molecular weight is 311 g/mol. The van der Waals surface area contributed by atoms with Crippen molar-refractivity contribution in [2.24, 2.45) is 0 Å². The van der Waals surface area contributed by atoms with E-state index >= 15 is 0 Å². The molecule has 0 spiro atoms. The maximum absolute atomic E-state index is 12.1. The van der Waals surface area contributed by atoms with Gasteiger partial charge in [0.2, 0.25) is 0 Å². The molecule has 3 rings (SSSR count). The first-order valence-electron chi connectivity index (χ1n) is 6.66. The van der Waals surface area contributed by atoms with E-state index in [1.807, 2.05) is 37.3 Å². The zero-order valence-corrected chi connectivity index (χ0v) is 12.7. The molecule has 1 aromatic carbocycles. The zero-order valence-electron chi connectivity index (χ0n) is 11.8. The molecule has 2 aromatic rings. The van der Waals surface area contributed by atoms with Gasteiger partial charge in [0.05, 0.1) is 11.3 Å². The molecule has 5 nitrogen and oxygen atoms in total. The normalized spacial score (nSPS) is 18.1. The maximum Gasteiger partial charge on any atom is 0.266 e. The van der Waals surface area contributed by atoms with Crippen LogP contribution in [0.3, 0.4) is 0 Å². The summed E-state index contributed by atoms with van der Waals surface area (Å²) in [4.78, 5) is 13.9. The first-order valence-corrected chi connectivity index (χ1v) is 7.10. The van der Waals surface area contributed by atoms with Crippen LogP contribution < -0.4 is 10.2 Å². The number of para-hydroxylation sites is 1. The fourth-order valence-corrected chi connectivity index (χ4v) is 2.81. The number of nitrogens with zero attached hydrogens (tertiary/aromatic N) is 2. The molecule has 110 valence electrons. The molecule has 0 fully saturated rings. The summed E-state index contributed by atoms with van der Waals surface area (Å²) >= 11 is 4.42. The number of thiol groups is 1. The van der Waals surface area contributed by atoms with Crippen molar-refractivity contribution >= 4 is 24.2 Å². The molecule has 1 aliphatic rings. The fourth-order valence-electron chi connectivity index (χ4n) is 2.44. The standard InChI is InChI=1S/C16H13N3O2S/c1-10-5-2-3-6-12(10)19-14(13-7-4-8-21-13)18-15(20)11(9-17)16(19)22/h2-8,14,22H,1H3,(H,18,20)/t14-/m0/s1. The number of benzene rings is 1. The second-order valence-corrected chi connectivity index (χ2v) is 5.28. The summed E-state index contributed by atoms with van der Waals surface area (Å²) in [5, 5.41) is 12.3. The van der Waals surface area contributed by atoms with Crippen molar-refractivity contribution in [2.45, 2.75) is 13.1 Å². The lowest BCUT2D eigenvalue weighted by Crippen LogP contribution is -2.46. The predicted molar refractivity (Wildman–Crippen MR) is 84.9 cm³/mol. The van der Waals surface area contributed by atoms with E-state index < -0.39 is 12.1 Å². The van der Waals surface area contributed by atoms with E-state index in [-0.39, 0.29) is 5.57 Å². The Morgan fingerprint density at radius 1 is 1.32 bits per heavy atom. The second kappa shape index (κ2) is 5.62. The first-order chi connectivity index (χ1) is 10.6. The zero-order chi connectivity index (χ0) is 15.7. The van der Waals surface area contributed by atoms with Crippen molar-refractivity contribution in [3.8, 4) is 6.07 Å². The quantitative estimate of drug-likeness (QED) is 0.837. The molecule has 6 heteroatoms. The second-order valence-electron chi connectivity index (χ2n) is 4.86. The van der Waals surface area contributed by atoms with Crippen molar-refractivity contribution < 1.29 is 9.21 Å². The van der Waals surface area contributed by atoms with Gasteiger partial charge in [-0.05, 0) is 30.7 Å². The van der Waals surface area contributed by atoms with Crippen LogP contribution in [0.15, 0.2) is 57.7 Å².